The number of amides is 1. The fraction of sp³-hybridized carbons (Fsp3) is 0.350. The van der Waals surface area contributed by atoms with Crippen molar-refractivity contribution in [1.82, 2.24) is 19.5 Å². The maximum absolute atomic E-state index is 12.9. The number of carbonyl (C=O) groups excluding carboxylic acids is 1. The van der Waals surface area contributed by atoms with E-state index in [0.29, 0.717) is 17.3 Å². The summed E-state index contributed by atoms with van der Waals surface area (Å²) in [5.74, 6) is 1.56. The number of fused-ring (bicyclic) bond motifs is 1. The third kappa shape index (κ3) is 3.62. The van der Waals surface area contributed by atoms with E-state index in [4.69, 9.17) is 16.3 Å². The molecule has 0 bridgehead atoms. The Balaban J connectivity index is 1.47. The van der Waals surface area contributed by atoms with Crippen LogP contribution in [0.4, 0.5) is 0 Å². The zero-order valence-electron chi connectivity index (χ0n) is 15.1. The highest BCUT2D eigenvalue weighted by molar-refractivity contribution is 6.32. The number of likely N-dealkylation sites (tertiary alicyclic amines) is 1. The maximum atomic E-state index is 12.9. The van der Waals surface area contributed by atoms with Gasteiger partial charge in [0.2, 0.25) is 0 Å². The molecule has 1 amide bonds. The van der Waals surface area contributed by atoms with Gasteiger partial charge in [-0.2, -0.15) is 0 Å². The fourth-order valence-electron chi connectivity index (χ4n) is 3.56. The fourth-order valence-corrected chi connectivity index (χ4v) is 3.74. The highest BCUT2D eigenvalue weighted by Gasteiger charge is 2.30. The Morgan fingerprint density at radius 3 is 2.89 bits per heavy atom. The molecule has 3 heterocycles. The second-order valence-electron chi connectivity index (χ2n) is 6.80. The number of carbonyl (C=O) groups is 1. The zero-order chi connectivity index (χ0) is 18.8. The van der Waals surface area contributed by atoms with Crippen LogP contribution in [0.1, 0.15) is 31.5 Å². The molecular weight excluding hydrogens is 364 g/mol. The Labute approximate surface area is 162 Å². The molecule has 6 nitrogen and oxygen atoms in total. The molecule has 0 aliphatic carbocycles. The summed E-state index contributed by atoms with van der Waals surface area (Å²) in [4.78, 5) is 14.8. The SMILES string of the molecule is CC(Oc1ccccc1Cl)C(=O)N1CCCC(c2nnc3ccccn23)C1. The van der Waals surface area contributed by atoms with E-state index in [2.05, 4.69) is 10.2 Å². The average molecular weight is 385 g/mol. The molecule has 0 N–H and O–H groups in total. The minimum absolute atomic E-state index is 0.0339. The van der Waals surface area contributed by atoms with Gasteiger partial charge in [-0.15, -0.1) is 10.2 Å². The van der Waals surface area contributed by atoms with Crippen molar-refractivity contribution in [3.63, 3.8) is 0 Å². The standard InChI is InChI=1S/C20H21ClN4O2/c1-14(27-17-9-3-2-8-16(17)21)20(26)24-11-6-7-15(13-24)19-23-22-18-10-4-5-12-25(18)19/h2-5,8-10,12,14-15H,6-7,11,13H2,1H3. The average Bonchev–Trinajstić information content (AvgIpc) is 3.13. The molecule has 0 saturated carbocycles. The van der Waals surface area contributed by atoms with Gasteiger partial charge in [-0.3, -0.25) is 9.20 Å². The van der Waals surface area contributed by atoms with Crippen LogP contribution >= 0.6 is 11.6 Å². The molecule has 2 aromatic heterocycles. The van der Waals surface area contributed by atoms with Gasteiger partial charge in [-0.25, -0.2) is 0 Å². The number of pyridine rings is 1. The molecule has 1 aliphatic heterocycles. The van der Waals surface area contributed by atoms with Gasteiger partial charge in [-0.1, -0.05) is 29.8 Å². The Hall–Kier alpha value is -2.60. The summed E-state index contributed by atoms with van der Waals surface area (Å²) in [5, 5.41) is 9.10. The van der Waals surface area contributed by atoms with Gasteiger partial charge in [0.05, 0.1) is 5.02 Å². The molecule has 4 rings (SSSR count). The van der Waals surface area contributed by atoms with Crippen molar-refractivity contribution in [3.8, 4) is 5.75 Å². The molecule has 27 heavy (non-hydrogen) atoms. The molecule has 7 heteroatoms. The first-order valence-electron chi connectivity index (χ1n) is 9.13. The highest BCUT2D eigenvalue weighted by atomic mass is 35.5. The van der Waals surface area contributed by atoms with Crippen molar-refractivity contribution in [2.45, 2.75) is 31.8 Å². The smallest absolute Gasteiger partial charge is 0.263 e. The number of halogens is 1. The molecule has 140 valence electrons. The van der Waals surface area contributed by atoms with E-state index in [0.717, 1.165) is 30.9 Å². The maximum Gasteiger partial charge on any atom is 0.263 e. The normalized spacial score (nSPS) is 18.4. The number of piperidine rings is 1. The van der Waals surface area contributed by atoms with Crippen LogP contribution in [-0.2, 0) is 4.79 Å². The number of rotatable bonds is 4. The summed E-state index contributed by atoms with van der Waals surface area (Å²) in [5.41, 5.74) is 0.825. The van der Waals surface area contributed by atoms with Crippen LogP contribution in [0.2, 0.25) is 5.02 Å². The minimum Gasteiger partial charge on any atom is -0.479 e. The number of para-hydroxylation sites is 1. The summed E-state index contributed by atoms with van der Waals surface area (Å²) in [7, 11) is 0. The Morgan fingerprint density at radius 1 is 1.22 bits per heavy atom. The van der Waals surface area contributed by atoms with Crippen molar-refractivity contribution in [3.05, 3.63) is 59.5 Å². The third-order valence-corrected chi connectivity index (χ3v) is 5.24. The third-order valence-electron chi connectivity index (χ3n) is 4.93. The molecule has 1 fully saturated rings. The lowest BCUT2D eigenvalue weighted by atomic mass is 9.97. The van der Waals surface area contributed by atoms with E-state index in [9.17, 15) is 4.79 Å². The van der Waals surface area contributed by atoms with Crippen molar-refractivity contribution >= 4 is 23.2 Å². The van der Waals surface area contributed by atoms with E-state index in [1.165, 1.54) is 0 Å². The molecule has 3 aromatic rings. The van der Waals surface area contributed by atoms with E-state index >= 15 is 0 Å². The largest absolute Gasteiger partial charge is 0.479 e. The molecule has 2 unspecified atom stereocenters. The topological polar surface area (TPSA) is 59.7 Å². The first-order valence-corrected chi connectivity index (χ1v) is 9.51. The van der Waals surface area contributed by atoms with Crippen molar-refractivity contribution in [2.24, 2.45) is 0 Å². The lowest BCUT2D eigenvalue weighted by molar-refractivity contribution is -0.139. The van der Waals surface area contributed by atoms with Gasteiger partial charge in [-0.05, 0) is 44.0 Å². The molecule has 0 spiro atoms. The highest BCUT2D eigenvalue weighted by Crippen LogP contribution is 2.28. The number of hydrogen-bond donors (Lipinski definition) is 0. The second-order valence-corrected chi connectivity index (χ2v) is 7.21. The van der Waals surface area contributed by atoms with Crippen LogP contribution in [0.25, 0.3) is 5.65 Å². The molecule has 1 aliphatic rings. The van der Waals surface area contributed by atoms with Crippen LogP contribution in [0, 0.1) is 0 Å². The summed E-state index contributed by atoms with van der Waals surface area (Å²) in [6.07, 6.45) is 3.28. The van der Waals surface area contributed by atoms with Crippen LogP contribution in [0.5, 0.6) is 5.75 Å². The van der Waals surface area contributed by atoms with Gasteiger partial charge in [0.25, 0.3) is 5.91 Å². The second kappa shape index (κ2) is 7.56. The molecule has 0 radical (unpaired) electrons. The molecule has 1 saturated heterocycles. The van der Waals surface area contributed by atoms with Crippen molar-refractivity contribution in [2.75, 3.05) is 13.1 Å². The van der Waals surface area contributed by atoms with Gasteiger partial charge < -0.3 is 9.64 Å². The molecule has 2 atom stereocenters. The van der Waals surface area contributed by atoms with Gasteiger partial charge in [0.1, 0.15) is 11.6 Å². The van der Waals surface area contributed by atoms with Gasteiger partial charge in [0, 0.05) is 25.2 Å². The summed E-state index contributed by atoms with van der Waals surface area (Å²) < 4.78 is 7.80. The minimum atomic E-state index is -0.598. The lowest BCUT2D eigenvalue weighted by Crippen LogP contribution is -2.45. The zero-order valence-corrected chi connectivity index (χ0v) is 15.8. The molecular formula is C20H21ClN4O2. The van der Waals surface area contributed by atoms with Crippen molar-refractivity contribution < 1.29 is 9.53 Å². The summed E-state index contributed by atoms with van der Waals surface area (Å²) >= 11 is 6.14. The predicted molar refractivity (Wildman–Crippen MR) is 103 cm³/mol. The molecule has 1 aromatic carbocycles. The number of hydrogen-bond acceptors (Lipinski definition) is 4. The van der Waals surface area contributed by atoms with Crippen LogP contribution in [-0.4, -0.2) is 44.6 Å². The van der Waals surface area contributed by atoms with E-state index in [1.54, 1.807) is 19.1 Å². The number of benzene rings is 1. The predicted octanol–water partition coefficient (Wildman–Crippen LogP) is 3.56. The number of ether oxygens (including phenoxy) is 1. The quantitative estimate of drug-likeness (QED) is 0.690. The van der Waals surface area contributed by atoms with Crippen molar-refractivity contribution in [1.29, 1.82) is 0 Å². The van der Waals surface area contributed by atoms with Crippen LogP contribution in [0.15, 0.2) is 48.7 Å². The Kier molecular flexibility index (Phi) is 4.99. The van der Waals surface area contributed by atoms with Gasteiger partial charge >= 0.3 is 0 Å². The van der Waals surface area contributed by atoms with Gasteiger partial charge in [0.15, 0.2) is 11.8 Å². The number of nitrogens with zero attached hydrogens (tertiary/aromatic N) is 4. The van der Waals surface area contributed by atoms with Crippen LogP contribution < -0.4 is 4.74 Å². The first-order chi connectivity index (χ1) is 13.1. The van der Waals surface area contributed by atoms with E-state index in [1.807, 2.05) is 45.8 Å². The van der Waals surface area contributed by atoms with E-state index < -0.39 is 6.10 Å². The number of aromatic nitrogens is 3. The lowest BCUT2D eigenvalue weighted by Gasteiger charge is -2.33. The van der Waals surface area contributed by atoms with Crippen LogP contribution in [0.3, 0.4) is 0 Å². The van der Waals surface area contributed by atoms with E-state index in [-0.39, 0.29) is 11.8 Å². The Bertz CT molecular complexity index is 958. The Morgan fingerprint density at radius 2 is 2.04 bits per heavy atom. The summed E-state index contributed by atoms with van der Waals surface area (Å²) in [6.45, 7) is 3.11. The monoisotopic (exact) mass is 384 g/mol. The summed E-state index contributed by atoms with van der Waals surface area (Å²) in [6, 6.07) is 13.0. The first kappa shape index (κ1) is 17.8.